The number of carbonyl (C=O) groups is 1. The summed E-state index contributed by atoms with van der Waals surface area (Å²) < 4.78 is 43.7. The fourth-order valence-corrected chi connectivity index (χ4v) is 2.97. The molecule has 25 heavy (non-hydrogen) atoms. The number of ether oxygens (including phenoxy) is 1. The van der Waals surface area contributed by atoms with Crippen LogP contribution in [0.4, 0.5) is 10.1 Å². The molecule has 0 bridgehead atoms. The molecule has 0 unspecified atom stereocenters. The van der Waals surface area contributed by atoms with E-state index in [-0.39, 0.29) is 24.9 Å². The highest BCUT2D eigenvalue weighted by atomic mass is 32.2. The van der Waals surface area contributed by atoms with Crippen molar-refractivity contribution in [2.75, 3.05) is 24.2 Å². The maximum atomic E-state index is 13.0. The smallest absolute Gasteiger partial charge is 0.257 e. The number of hydrogen-bond acceptors (Lipinski definition) is 4. The van der Waals surface area contributed by atoms with Crippen LogP contribution in [-0.4, -0.2) is 34.2 Å². The maximum Gasteiger partial charge on any atom is 0.257 e. The van der Waals surface area contributed by atoms with Crippen LogP contribution in [0.25, 0.3) is 0 Å². The van der Waals surface area contributed by atoms with Gasteiger partial charge in [-0.1, -0.05) is 12.1 Å². The van der Waals surface area contributed by atoms with Crippen LogP contribution in [0.3, 0.4) is 0 Å². The summed E-state index contributed by atoms with van der Waals surface area (Å²) >= 11 is 0. The first-order valence-electron chi connectivity index (χ1n) is 7.45. The predicted octanol–water partition coefficient (Wildman–Crippen LogP) is 1.92. The largest absolute Gasteiger partial charge is 0.484 e. The summed E-state index contributed by atoms with van der Waals surface area (Å²) in [4.78, 5) is 11.2. The van der Waals surface area contributed by atoms with E-state index in [4.69, 9.17) is 4.74 Å². The molecule has 2 aromatic rings. The van der Waals surface area contributed by atoms with Crippen LogP contribution in [-0.2, 0) is 21.4 Å². The van der Waals surface area contributed by atoms with Gasteiger partial charge in [0.1, 0.15) is 11.6 Å². The Kier molecular flexibility index (Phi) is 5.97. The van der Waals surface area contributed by atoms with Gasteiger partial charge in [0.15, 0.2) is 6.61 Å². The summed E-state index contributed by atoms with van der Waals surface area (Å²) in [6.07, 6.45) is 1.10. The molecular formula is C17H19FN2O4S. The Bertz CT molecular complexity index is 821. The normalized spacial score (nSPS) is 11.0. The third-order valence-electron chi connectivity index (χ3n) is 3.41. The van der Waals surface area contributed by atoms with E-state index in [0.717, 1.165) is 6.26 Å². The van der Waals surface area contributed by atoms with Gasteiger partial charge in [0.05, 0.1) is 18.5 Å². The third-order valence-corrected chi connectivity index (χ3v) is 4.55. The van der Waals surface area contributed by atoms with Crippen LogP contribution in [0.5, 0.6) is 5.75 Å². The van der Waals surface area contributed by atoms with Crippen LogP contribution >= 0.6 is 0 Å². The van der Waals surface area contributed by atoms with E-state index in [1.807, 2.05) is 0 Å². The molecule has 0 saturated heterocycles. The molecule has 1 amide bonds. The zero-order chi connectivity index (χ0) is 18.4. The van der Waals surface area contributed by atoms with Gasteiger partial charge in [-0.15, -0.1) is 0 Å². The molecule has 0 radical (unpaired) electrons. The molecule has 0 aliphatic heterocycles. The third kappa shape index (κ3) is 5.46. The molecular weight excluding hydrogens is 347 g/mol. The summed E-state index contributed by atoms with van der Waals surface area (Å²) in [5.74, 6) is -0.201. The number of amides is 1. The number of benzene rings is 2. The number of carbonyl (C=O) groups excluding carboxylic acids is 1. The average Bonchev–Trinajstić information content (AvgIpc) is 2.58. The van der Waals surface area contributed by atoms with Crippen molar-refractivity contribution in [3.63, 3.8) is 0 Å². The van der Waals surface area contributed by atoms with E-state index >= 15 is 0 Å². The molecule has 1 N–H and O–H groups in total. The number of anilines is 1. The minimum absolute atomic E-state index is 0.0809. The first-order chi connectivity index (χ1) is 11.8. The quantitative estimate of drug-likeness (QED) is 0.812. The second-order valence-electron chi connectivity index (χ2n) is 5.35. The molecule has 2 rings (SSSR count). The van der Waals surface area contributed by atoms with Crippen LogP contribution in [0.1, 0.15) is 5.56 Å². The highest BCUT2D eigenvalue weighted by molar-refractivity contribution is 7.92. The molecule has 0 spiro atoms. The number of nitrogens with one attached hydrogen (secondary N) is 1. The molecule has 2 aromatic carbocycles. The van der Waals surface area contributed by atoms with Crippen molar-refractivity contribution < 1.29 is 22.3 Å². The second kappa shape index (κ2) is 7.98. The van der Waals surface area contributed by atoms with Gasteiger partial charge in [-0.2, -0.15) is 0 Å². The van der Waals surface area contributed by atoms with Gasteiger partial charge >= 0.3 is 0 Å². The summed E-state index contributed by atoms with van der Waals surface area (Å²) in [6, 6.07) is 12.0. The summed E-state index contributed by atoms with van der Waals surface area (Å²) in [5, 5.41) is 2.44. The van der Waals surface area contributed by atoms with Crippen LogP contribution in [0, 0.1) is 5.82 Å². The minimum atomic E-state index is -3.53. The fourth-order valence-electron chi connectivity index (χ4n) is 2.09. The van der Waals surface area contributed by atoms with E-state index in [2.05, 4.69) is 5.32 Å². The lowest BCUT2D eigenvalue weighted by atomic mass is 10.2. The Morgan fingerprint density at radius 3 is 2.24 bits per heavy atom. The zero-order valence-electron chi connectivity index (χ0n) is 13.9. The Morgan fingerprint density at radius 1 is 1.12 bits per heavy atom. The fraction of sp³-hybridized carbons (Fsp3) is 0.235. The van der Waals surface area contributed by atoms with Gasteiger partial charge in [0, 0.05) is 7.05 Å². The van der Waals surface area contributed by atoms with Gasteiger partial charge in [0.2, 0.25) is 10.0 Å². The van der Waals surface area contributed by atoms with Crippen molar-refractivity contribution in [1.82, 2.24) is 5.32 Å². The van der Waals surface area contributed by atoms with Crippen molar-refractivity contribution in [2.45, 2.75) is 6.54 Å². The van der Waals surface area contributed by atoms with E-state index in [1.54, 1.807) is 24.3 Å². The van der Waals surface area contributed by atoms with Gasteiger partial charge in [0.25, 0.3) is 5.91 Å². The Labute approximate surface area is 146 Å². The summed E-state index contributed by atoms with van der Waals surface area (Å²) in [7, 11) is -2.03. The number of halogens is 1. The second-order valence-corrected chi connectivity index (χ2v) is 7.26. The molecule has 0 fully saturated rings. The molecule has 0 saturated carbocycles. The van der Waals surface area contributed by atoms with Gasteiger partial charge in [-0.3, -0.25) is 9.10 Å². The lowest BCUT2D eigenvalue weighted by Gasteiger charge is -2.22. The molecule has 6 nitrogen and oxygen atoms in total. The number of rotatable bonds is 7. The van der Waals surface area contributed by atoms with E-state index in [1.165, 1.54) is 35.6 Å². The highest BCUT2D eigenvalue weighted by Gasteiger charge is 2.18. The maximum absolute atomic E-state index is 13.0. The number of likely N-dealkylation sites (N-methyl/N-ethyl adjacent to an activating group) is 1. The van der Waals surface area contributed by atoms with Crippen molar-refractivity contribution >= 4 is 21.6 Å². The minimum Gasteiger partial charge on any atom is -0.484 e. The average molecular weight is 366 g/mol. The lowest BCUT2D eigenvalue weighted by molar-refractivity contribution is -0.122. The topological polar surface area (TPSA) is 75.7 Å². The Morgan fingerprint density at radius 2 is 1.72 bits per heavy atom. The van der Waals surface area contributed by atoms with Gasteiger partial charge in [-0.25, -0.2) is 12.8 Å². The standard InChI is InChI=1S/C17H19FN2O4S/c1-19-17(21)12-24-16-9-7-15(8-10-16)20(25(2,22)23)11-13-3-5-14(18)6-4-13/h3-10H,11-12H2,1-2H3,(H,19,21). The van der Waals surface area contributed by atoms with Crippen LogP contribution < -0.4 is 14.4 Å². The van der Waals surface area contributed by atoms with E-state index in [9.17, 15) is 17.6 Å². The summed E-state index contributed by atoms with van der Waals surface area (Å²) in [6.45, 7) is -0.0429. The number of nitrogens with zero attached hydrogens (tertiary/aromatic N) is 1. The molecule has 134 valence electrons. The molecule has 0 aromatic heterocycles. The Balaban J connectivity index is 2.18. The Hall–Kier alpha value is -2.61. The van der Waals surface area contributed by atoms with Crippen LogP contribution in [0.15, 0.2) is 48.5 Å². The monoisotopic (exact) mass is 366 g/mol. The lowest BCUT2D eigenvalue weighted by Crippen LogP contribution is -2.29. The van der Waals surface area contributed by atoms with Crippen molar-refractivity contribution in [2.24, 2.45) is 0 Å². The van der Waals surface area contributed by atoms with E-state index < -0.39 is 10.0 Å². The predicted molar refractivity (Wildman–Crippen MR) is 93.4 cm³/mol. The molecule has 0 aliphatic carbocycles. The summed E-state index contributed by atoms with van der Waals surface area (Å²) in [5.41, 5.74) is 1.10. The molecule has 0 atom stereocenters. The molecule has 8 heteroatoms. The number of hydrogen-bond donors (Lipinski definition) is 1. The molecule has 0 heterocycles. The SMILES string of the molecule is CNC(=O)COc1ccc(N(Cc2ccc(F)cc2)S(C)(=O)=O)cc1. The van der Waals surface area contributed by atoms with Crippen LogP contribution in [0.2, 0.25) is 0 Å². The first-order valence-corrected chi connectivity index (χ1v) is 9.30. The first kappa shape index (κ1) is 18.7. The van der Waals surface area contributed by atoms with Gasteiger partial charge < -0.3 is 10.1 Å². The van der Waals surface area contributed by atoms with Crippen molar-refractivity contribution in [3.8, 4) is 5.75 Å². The van der Waals surface area contributed by atoms with Crippen molar-refractivity contribution in [1.29, 1.82) is 0 Å². The van der Waals surface area contributed by atoms with Gasteiger partial charge in [-0.05, 0) is 42.0 Å². The molecule has 0 aliphatic rings. The van der Waals surface area contributed by atoms with Crippen molar-refractivity contribution in [3.05, 3.63) is 59.9 Å². The highest BCUT2D eigenvalue weighted by Crippen LogP contribution is 2.23. The zero-order valence-corrected chi connectivity index (χ0v) is 14.7. The van der Waals surface area contributed by atoms with E-state index in [0.29, 0.717) is 17.0 Å². The number of sulfonamides is 1.